The van der Waals surface area contributed by atoms with Gasteiger partial charge in [-0.1, -0.05) is 313 Å². The van der Waals surface area contributed by atoms with E-state index in [2.05, 4.69) is 303 Å². The van der Waals surface area contributed by atoms with Gasteiger partial charge in [-0.05, 0) is 170 Å². The van der Waals surface area contributed by atoms with Gasteiger partial charge >= 0.3 is 0 Å². The lowest BCUT2D eigenvalue weighted by molar-refractivity contribution is 0.283. The van der Waals surface area contributed by atoms with Crippen molar-refractivity contribution in [3.8, 4) is 11.5 Å². The summed E-state index contributed by atoms with van der Waals surface area (Å²) in [6, 6.07) is 72.2. The molecule has 0 aliphatic heterocycles. The Morgan fingerprint density at radius 3 is 1.15 bits per heavy atom. The van der Waals surface area contributed by atoms with Crippen LogP contribution in [0, 0.1) is 39.0 Å². The summed E-state index contributed by atoms with van der Waals surface area (Å²) in [5, 5.41) is 5.40. The fourth-order valence-electron chi connectivity index (χ4n) is 8.26. The van der Waals surface area contributed by atoms with Gasteiger partial charge in [0, 0.05) is 0 Å². The van der Waals surface area contributed by atoms with Crippen LogP contribution < -0.4 is 4.74 Å². The van der Waals surface area contributed by atoms with Gasteiger partial charge in [-0.3, -0.25) is 0 Å². The minimum Gasteiger partial charge on any atom is -0.457 e. The Bertz CT molecular complexity index is 3080. The summed E-state index contributed by atoms with van der Waals surface area (Å²) in [6.07, 6.45) is 0. The Morgan fingerprint density at radius 1 is 0.296 bits per heavy atom. The zero-order valence-electron chi connectivity index (χ0n) is 53.6. The molecule has 9 rings (SSSR count). The van der Waals surface area contributed by atoms with Crippen LogP contribution in [0.4, 0.5) is 0 Å². The molecule has 0 heterocycles. The molecule has 0 aliphatic rings. The average molecular weight is 1090 g/mol. The number of benzene rings is 9. The van der Waals surface area contributed by atoms with Crippen molar-refractivity contribution < 1.29 is 4.74 Å². The first-order chi connectivity index (χ1) is 37.8. The first-order valence-corrected chi connectivity index (χ1v) is 29.8. The van der Waals surface area contributed by atoms with Gasteiger partial charge in [0.2, 0.25) is 0 Å². The second-order valence-electron chi connectivity index (χ2n) is 24.7. The van der Waals surface area contributed by atoms with Crippen LogP contribution in [0.5, 0.6) is 11.5 Å². The molecule has 0 aromatic heterocycles. The van der Waals surface area contributed by atoms with Crippen LogP contribution in [0.15, 0.2) is 206 Å². The van der Waals surface area contributed by atoms with E-state index in [1.54, 1.807) is 0 Å². The highest BCUT2D eigenvalue weighted by Crippen LogP contribution is 2.27. The van der Waals surface area contributed by atoms with Crippen LogP contribution >= 0.6 is 0 Å². The molecule has 0 saturated heterocycles. The van der Waals surface area contributed by atoms with Crippen molar-refractivity contribution in [3.05, 3.63) is 262 Å². The van der Waals surface area contributed by atoms with Crippen molar-refractivity contribution in [1.29, 1.82) is 0 Å². The van der Waals surface area contributed by atoms with Gasteiger partial charge in [-0.25, -0.2) is 0 Å². The van der Waals surface area contributed by atoms with Gasteiger partial charge in [-0.15, -0.1) is 0 Å². The molecule has 0 spiro atoms. The molecule has 0 unspecified atom stereocenters. The minimum absolute atomic E-state index is 0. The minimum atomic E-state index is 0. The maximum atomic E-state index is 5.71. The Balaban J connectivity index is 0.000000326. The SMILES string of the molecule is C.CC(C)C(C)(C)C.CC(C)c1ccc(Oc2ccccc2)cc1.CC(C)c1ccc2ccccc2c1.CC(C)c1cccc2ccccc12.CC(C)c1ccccc1.Cc1cc(C)c(C(C)C)cc1C.Cc1ccc(C(C)C)cc1. The quantitative estimate of drug-likeness (QED) is 0.147. The van der Waals surface area contributed by atoms with Crippen molar-refractivity contribution in [2.24, 2.45) is 11.3 Å². The summed E-state index contributed by atoms with van der Waals surface area (Å²) in [6.45, 7) is 46.6. The lowest BCUT2D eigenvalue weighted by Gasteiger charge is -2.22. The van der Waals surface area contributed by atoms with E-state index in [4.69, 9.17) is 4.74 Å². The number of para-hydroxylation sites is 1. The first kappa shape index (κ1) is 70.4. The molecule has 0 saturated carbocycles. The van der Waals surface area contributed by atoms with Crippen molar-refractivity contribution in [2.45, 2.75) is 188 Å². The van der Waals surface area contributed by atoms with Gasteiger partial charge in [0.05, 0.1) is 0 Å². The molecule has 1 heteroatoms. The molecule has 1 nitrogen and oxygen atoms in total. The summed E-state index contributed by atoms with van der Waals surface area (Å²) in [5.74, 6) is 6.29. The molecule has 9 aromatic rings. The van der Waals surface area contributed by atoms with E-state index >= 15 is 0 Å². The van der Waals surface area contributed by atoms with Crippen LogP contribution in [0.3, 0.4) is 0 Å². The monoisotopic (exact) mass is 1080 g/mol. The predicted octanol–water partition coefficient (Wildman–Crippen LogP) is 25.5. The molecule has 0 N–H and O–H groups in total. The number of hydrogen-bond donors (Lipinski definition) is 0. The highest BCUT2D eigenvalue weighted by Gasteiger charge is 2.14. The molecule has 0 fully saturated rings. The van der Waals surface area contributed by atoms with Crippen LogP contribution in [-0.2, 0) is 0 Å². The fraction of sp³-hybridized carbons (Fsp3) is 0.375. The second kappa shape index (κ2) is 35.9. The molecule has 0 bridgehead atoms. The molecule has 434 valence electrons. The number of fused-ring (bicyclic) bond motifs is 2. The highest BCUT2D eigenvalue weighted by atomic mass is 16.5. The third kappa shape index (κ3) is 25.7. The molecule has 0 radical (unpaired) electrons. The average Bonchev–Trinajstić information content (AvgIpc) is 3.43. The molecule has 0 atom stereocenters. The zero-order valence-corrected chi connectivity index (χ0v) is 53.6. The van der Waals surface area contributed by atoms with E-state index in [1.165, 1.54) is 77.2 Å². The van der Waals surface area contributed by atoms with Gasteiger partial charge in [0.1, 0.15) is 11.5 Å². The summed E-state index contributed by atoms with van der Waals surface area (Å²) >= 11 is 0. The Hall–Kier alpha value is -6.70. The fourth-order valence-corrected chi connectivity index (χ4v) is 8.26. The summed E-state index contributed by atoms with van der Waals surface area (Å²) in [7, 11) is 0. The van der Waals surface area contributed by atoms with E-state index in [0.29, 0.717) is 40.9 Å². The molecule has 81 heavy (non-hydrogen) atoms. The van der Waals surface area contributed by atoms with Crippen molar-refractivity contribution >= 4 is 21.5 Å². The second-order valence-corrected chi connectivity index (χ2v) is 24.7. The van der Waals surface area contributed by atoms with Gasteiger partial charge in [0.15, 0.2) is 0 Å². The number of rotatable bonds is 8. The van der Waals surface area contributed by atoms with Crippen LogP contribution in [0.1, 0.15) is 216 Å². The highest BCUT2D eigenvalue weighted by molar-refractivity contribution is 5.86. The van der Waals surface area contributed by atoms with Gasteiger partial charge < -0.3 is 4.74 Å². The Morgan fingerprint density at radius 2 is 0.679 bits per heavy atom. The van der Waals surface area contributed by atoms with E-state index in [9.17, 15) is 0 Å². The van der Waals surface area contributed by atoms with Crippen LogP contribution in [-0.4, -0.2) is 0 Å². The third-order valence-electron chi connectivity index (χ3n) is 14.9. The topological polar surface area (TPSA) is 9.23 Å². The summed E-state index contributed by atoms with van der Waals surface area (Å²) in [4.78, 5) is 0. The van der Waals surface area contributed by atoms with E-state index < -0.39 is 0 Å². The Labute approximate surface area is 496 Å². The smallest absolute Gasteiger partial charge is 0.127 e. The standard InChI is InChI=1S/C15H16O.2C13H14.C12H18.C10H14.C9H12.C7H16.CH4/c1-12(2)13-8-10-15(11-9-13)16-14-6-4-3-5-7-14;1-10(2)12-9-5-7-11-6-3-4-8-13(11)12;1-10(2)12-8-7-11-5-3-4-6-13(11)9-12;1-8(2)12-7-10(4)9(3)6-11(12)5;1-8(2)10-6-4-9(3)5-7-10;1-8(2)9-6-4-3-5-7-9;1-6(2)7(3,4)5;/h3-12H,1-2H3;2*3-10H,1-2H3;6-8H,1-5H3;4-8H,1-3H3;3-8H,1-2H3;6H,1-5H3;1H4. The number of ether oxygens (including phenoxy) is 1. The van der Waals surface area contributed by atoms with Crippen LogP contribution in [0.2, 0.25) is 0 Å². The lowest BCUT2D eigenvalue weighted by Crippen LogP contribution is -2.12. The largest absolute Gasteiger partial charge is 0.457 e. The number of aryl methyl sites for hydroxylation is 4. The van der Waals surface area contributed by atoms with Gasteiger partial charge in [0.25, 0.3) is 0 Å². The van der Waals surface area contributed by atoms with Crippen LogP contribution in [0.25, 0.3) is 21.5 Å². The first-order valence-electron chi connectivity index (χ1n) is 29.8. The summed E-state index contributed by atoms with van der Waals surface area (Å²) in [5.41, 5.74) is 14.6. The summed E-state index contributed by atoms with van der Waals surface area (Å²) < 4.78 is 5.71. The maximum absolute atomic E-state index is 5.71. The maximum Gasteiger partial charge on any atom is 0.127 e. The third-order valence-corrected chi connectivity index (χ3v) is 14.9. The van der Waals surface area contributed by atoms with E-state index in [0.717, 1.165) is 17.4 Å². The molecule has 9 aromatic carbocycles. The lowest BCUT2D eigenvalue weighted by atomic mass is 9.84. The molecule has 0 amide bonds. The normalized spacial score (nSPS) is 10.7. The predicted molar refractivity (Wildman–Crippen MR) is 365 cm³/mol. The van der Waals surface area contributed by atoms with Crippen molar-refractivity contribution in [2.75, 3.05) is 0 Å². The molecular weight excluding hydrogens is 977 g/mol. The van der Waals surface area contributed by atoms with Gasteiger partial charge in [-0.2, -0.15) is 0 Å². The van der Waals surface area contributed by atoms with Crippen molar-refractivity contribution in [3.63, 3.8) is 0 Å². The molecule has 0 aliphatic carbocycles. The van der Waals surface area contributed by atoms with E-state index in [1.807, 2.05) is 48.5 Å². The zero-order chi connectivity index (χ0) is 59.5. The van der Waals surface area contributed by atoms with Crippen molar-refractivity contribution in [1.82, 2.24) is 0 Å². The number of hydrogen-bond acceptors (Lipinski definition) is 1. The molecular formula is C80H108O. The van der Waals surface area contributed by atoms with E-state index in [-0.39, 0.29) is 7.43 Å². The Kier molecular flexibility index (Phi) is 31.2.